The normalized spacial score (nSPS) is 21.1. The molecule has 2 N–H and O–H groups in total. The van der Waals surface area contributed by atoms with E-state index in [1.54, 1.807) is 35.8 Å². The Bertz CT molecular complexity index is 963. The fourth-order valence-corrected chi connectivity index (χ4v) is 4.75. The smallest absolute Gasteiger partial charge is 0.274 e. The van der Waals surface area contributed by atoms with Gasteiger partial charge in [0.2, 0.25) is 5.91 Å². The number of nitrogens with zero attached hydrogens (tertiary/aromatic N) is 1. The molecule has 0 saturated carbocycles. The molecular formula is C21H20Cl2N2O3. The van der Waals surface area contributed by atoms with Crippen molar-refractivity contribution in [2.45, 2.75) is 32.2 Å². The maximum absolute atomic E-state index is 13.3. The number of hydroxylamine groups is 1. The first-order valence-corrected chi connectivity index (χ1v) is 9.97. The number of nitrogens with one attached hydrogen (secondary N) is 1. The molecule has 0 unspecified atom stereocenters. The number of aryl methyl sites for hydroxylation is 1. The predicted molar refractivity (Wildman–Crippen MR) is 107 cm³/mol. The Morgan fingerprint density at radius 1 is 1.14 bits per heavy atom. The van der Waals surface area contributed by atoms with Gasteiger partial charge in [-0.15, -0.1) is 0 Å². The lowest BCUT2D eigenvalue weighted by Crippen LogP contribution is -2.38. The van der Waals surface area contributed by atoms with Crippen molar-refractivity contribution in [1.82, 2.24) is 10.4 Å². The topological polar surface area (TPSA) is 69.6 Å². The van der Waals surface area contributed by atoms with Crippen molar-refractivity contribution < 1.29 is 14.8 Å². The zero-order valence-corrected chi connectivity index (χ0v) is 16.7. The van der Waals surface area contributed by atoms with E-state index in [0.29, 0.717) is 35.1 Å². The predicted octanol–water partition coefficient (Wildman–Crippen LogP) is 4.02. The van der Waals surface area contributed by atoms with Crippen LogP contribution in [0.4, 0.5) is 0 Å². The summed E-state index contributed by atoms with van der Waals surface area (Å²) < 4.78 is 0. The van der Waals surface area contributed by atoms with Gasteiger partial charge in [-0.1, -0.05) is 29.3 Å². The van der Waals surface area contributed by atoms with Gasteiger partial charge in [0.25, 0.3) is 5.91 Å². The summed E-state index contributed by atoms with van der Waals surface area (Å²) in [5.41, 5.74) is 4.63. The number of carbonyl (C=O) groups excluding carboxylic acids is 2. The van der Waals surface area contributed by atoms with Crippen molar-refractivity contribution in [3.63, 3.8) is 0 Å². The van der Waals surface area contributed by atoms with Crippen LogP contribution in [-0.2, 0) is 24.2 Å². The van der Waals surface area contributed by atoms with Crippen LogP contribution in [0.15, 0.2) is 36.4 Å². The number of rotatable bonds is 3. The Hall–Kier alpha value is -2.08. The summed E-state index contributed by atoms with van der Waals surface area (Å²) in [5.74, 6) is -0.413. The molecule has 2 aromatic rings. The van der Waals surface area contributed by atoms with Crippen LogP contribution in [0.1, 0.15) is 39.9 Å². The molecule has 2 amide bonds. The van der Waals surface area contributed by atoms with Gasteiger partial charge in [0, 0.05) is 28.7 Å². The molecule has 1 heterocycles. The highest BCUT2D eigenvalue weighted by atomic mass is 35.5. The number of hydrogen-bond donors (Lipinski definition) is 2. The molecule has 7 heteroatoms. The van der Waals surface area contributed by atoms with Crippen molar-refractivity contribution in [3.05, 3.63) is 68.7 Å². The summed E-state index contributed by atoms with van der Waals surface area (Å²) in [7, 11) is 0. The summed E-state index contributed by atoms with van der Waals surface area (Å²) in [6, 6.07) is 10.7. The number of hydrogen-bond acceptors (Lipinski definition) is 3. The Morgan fingerprint density at radius 3 is 2.75 bits per heavy atom. The van der Waals surface area contributed by atoms with E-state index in [0.717, 1.165) is 36.0 Å². The van der Waals surface area contributed by atoms with Crippen LogP contribution in [0.5, 0.6) is 0 Å². The summed E-state index contributed by atoms with van der Waals surface area (Å²) >= 11 is 12.3. The number of likely N-dealkylation sites (tertiary alicyclic amines) is 1. The molecule has 1 fully saturated rings. The van der Waals surface area contributed by atoms with Gasteiger partial charge in [0.1, 0.15) is 0 Å². The van der Waals surface area contributed by atoms with Crippen LogP contribution in [0, 0.1) is 5.41 Å². The Labute approximate surface area is 173 Å². The first-order valence-electron chi connectivity index (χ1n) is 9.21. The largest absolute Gasteiger partial charge is 0.338 e. The molecule has 1 aliphatic carbocycles. The number of carbonyl (C=O) groups is 2. The molecule has 0 bridgehead atoms. The highest BCUT2D eigenvalue weighted by Crippen LogP contribution is 2.44. The van der Waals surface area contributed by atoms with Gasteiger partial charge in [0.15, 0.2) is 0 Å². The fraction of sp³-hybridized carbons (Fsp3) is 0.333. The number of fused-ring (bicyclic) bond motifs is 1. The molecule has 2 aromatic carbocycles. The lowest BCUT2D eigenvalue weighted by atomic mass is 9.70. The molecule has 0 radical (unpaired) electrons. The Balaban J connectivity index is 1.56. The zero-order valence-electron chi connectivity index (χ0n) is 15.2. The molecule has 1 aliphatic heterocycles. The molecule has 1 spiro atoms. The second-order valence-corrected chi connectivity index (χ2v) is 8.44. The van der Waals surface area contributed by atoms with Gasteiger partial charge in [-0.25, -0.2) is 5.48 Å². The van der Waals surface area contributed by atoms with E-state index in [1.807, 2.05) is 11.0 Å². The first kappa shape index (κ1) is 19.2. The maximum Gasteiger partial charge on any atom is 0.274 e. The third kappa shape index (κ3) is 3.39. The molecular weight excluding hydrogens is 399 g/mol. The third-order valence-electron chi connectivity index (χ3n) is 5.94. The van der Waals surface area contributed by atoms with E-state index in [9.17, 15) is 9.59 Å². The summed E-state index contributed by atoms with van der Waals surface area (Å²) in [5, 5.41) is 10.1. The molecule has 0 aromatic heterocycles. The van der Waals surface area contributed by atoms with E-state index in [1.165, 1.54) is 0 Å². The lowest BCUT2D eigenvalue weighted by Gasteiger charge is -2.33. The quantitative estimate of drug-likeness (QED) is 0.583. The minimum Gasteiger partial charge on any atom is -0.338 e. The van der Waals surface area contributed by atoms with Crippen molar-refractivity contribution in [3.8, 4) is 0 Å². The molecule has 4 rings (SSSR count). The number of amides is 2. The molecule has 28 heavy (non-hydrogen) atoms. The van der Waals surface area contributed by atoms with Crippen LogP contribution in [0.25, 0.3) is 0 Å². The van der Waals surface area contributed by atoms with Crippen LogP contribution >= 0.6 is 23.2 Å². The van der Waals surface area contributed by atoms with Gasteiger partial charge in [-0.2, -0.15) is 0 Å². The van der Waals surface area contributed by atoms with Crippen LogP contribution in [0.3, 0.4) is 0 Å². The van der Waals surface area contributed by atoms with E-state index >= 15 is 0 Å². The molecule has 1 atom stereocenters. The number of benzene rings is 2. The minimum absolute atomic E-state index is 0.131. The van der Waals surface area contributed by atoms with Crippen molar-refractivity contribution in [2.24, 2.45) is 5.41 Å². The van der Waals surface area contributed by atoms with E-state index in [-0.39, 0.29) is 5.91 Å². The van der Waals surface area contributed by atoms with Crippen molar-refractivity contribution >= 4 is 35.0 Å². The van der Waals surface area contributed by atoms with Crippen LogP contribution in [-0.4, -0.2) is 28.5 Å². The second kappa shape index (κ2) is 7.39. The average molecular weight is 419 g/mol. The fourth-order valence-electron chi connectivity index (χ4n) is 4.38. The van der Waals surface area contributed by atoms with E-state index in [4.69, 9.17) is 28.4 Å². The maximum atomic E-state index is 13.3. The van der Waals surface area contributed by atoms with Gasteiger partial charge >= 0.3 is 0 Å². The van der Waals surface area contributed by atoms with Crippen LogP contribution in [0.2, 0.25) is 10.0 Å². The zero-order chi connectivity index (χ0) is 19.9. The molecule has 5 nitrogen and oxygen atoms in total. The van der Waals surface area contributed by atoms with Gasteiger partial charge in [-0.05, 0) is 72.7 Å². The average Bonchev–Trinajstić information content (AvgIpc) is 2.99. The van der Waals surface area contributed by atoms with Crippen molar-refractivity contribution in [2.75, 3.05) is 6.54 Å². The highest BCUT2D eigenvalue weighted by molar-refractivity contribution is 6.33. The van der Waals surface area contributed by atoms with E-state index < -0.39 is 11.3 Å². The lowest BCUT2D eigenvalue weighted by molar-refractivity contribution is -0.137. The summed E-state index contributed by atoms with van der Waals surface area (Å²) in [6.45, 7) is 1.12. The minimum atomic E-state index is -0.544. The molecule has 1 saturated heterocycles. The summed E-state index contributed by atoms with van der Waals surface area (Å²) in [6.07, 6.45) is 2.98. The summed E-state index contributed by atoms with van der Waals surface area (Å²) in [4.78, 5) is 26.9. The van der Waals surface area contributed by atoms with Crippen molar-refractivity contribution in [1.29, 1.82) is 0 Å². The van der Waals surface area contributed by atoms with Gasteiger partial charge in [-0.3, -0.25) is 14.8 Å². The number of halogens is 2. The highest BCUT2D eigenvalue weighted by Gasteiger charge is 2.48. The molecule has 146 valence electrons. The van der Waals surface area contributed by atoms with Gasteiger partial charge in [0.05, 0.1) is 5.41 Å². The molecule has 2 aliphatic rings. The standard InChI is InChI=1S/C21H20Cl2N2O3/c22-17-3-4-18(23)16(10-17)12-25-8-7-21(20(25)27)6-5-13-1-2-14(19(26)24-28)9-15(13)11-21/h1-4,9-10,28H,5-8,11-12H2,(H,24,26)/t21-/m0/s1. The Kier molecular flexibility index (Phi) is 5.08. The Morgan fingerprint density at radius 2 is 1.96 bits per heavy atom. The van der Waals surface area contributed by atoms with E-state index in [2.05, 4.69) is 0 Å². The monoisotopic (exact) mass is 418 g/mol. The second-order valence-electron chi connectivity index (χ2n) is 7.59. The SMILES string of the molecule is O=C(NO)c1ccc2c(c1)C[C@]1(CC2)CCN(Cc2cc(Cl)ccc2Cl)C1=O. The van der Waals surface area contributed by atoms with Crippen LogP contribution < -0.4 is 5.48 Å². The third-order valence-corrected chi connectivity index (χ3v) is 6.55. The first-order chi connectivity index (χ1) is 13.4. The van der Waals surface area contributed by atoms with Gasteiger partial charge < -0.3 is 4.90 Å².